The summed E-state index contributed by atoms with van der Waals surface area (Å²) in [5.41, 5.74) is 0.759. The summed E-state index contributed by atoms with van der Waals surface area (Å²) in [4.78, 5) is 14.0. The fraction of sp³-hybridized carbons (Fsp3) is 0.417. The Morgan fingerprint density at radius 3 is 2.80 bits per heavy atom. The average Bonchev–Trinajstić information content (AvgIpc) is 2.77. The maximum atomic E-state index is 12.1. The largest absolute Gasteiger partial charge is 0.334 e. The lowest BCUT2D eigenvalue weighted by Crippen LogP contribution is -2.36. The van der Waals surface area contributed by atoms with Crippen LogP contribution >= 0.6 is 11.6 Å². The molecule has 1 aliphatic rings. The lowest BCUT2D eigenvalue weighted by atomic mass is 10.2. The summed E-state index contributed by atoms with van der Waals surface area (Å²) in [6.07, 6.45) is 2.10. The molecule has 80 valence electrons. The number of nitrogens with zero attached hydrogens (tertiary/aromatic N) is 1. The highest BCUT2D eigenvalue weighted by atomic mass is 35.5. The van der Waals surface area contributed by atoms with Gasteiger partial charge in [0.2, 0.25) is 0 Å². The van der Waals surface area contributed by atoms with Crippen LogP contribution in [0.5, 0.6) is 0 Å². The average molecular weight is 224 g/mol. The van der Waals surface area contributed by atoms with Gasteiger partial charge >= 0.3 is 0 Å². The number of rotatable bonds is 2. The fourth-order valence-electron chi connectivity index (χ4n) is 2.01. The van der Waals surface area contributed by atoms with Crippen molar-refractivity contribution < 1.29 is 4.79 Å². The van der Waals surface area contributed by atoms with Gasteiger partial charge < -0.3 is 4.90 Å². The highest BCUT2D eigenvalue weighted by Gasteiger charge is 2.28. The molecule has 1 heterocycles. The van der Waals surface area contributed by atoms with Crippen LogP contribution in [0.2, 0.25) is 0 Å². The van der Waals surface area contributed by atoms with Crippen LogP contribution in [-0.4, -0.2) is 29.3 Å². The molecule has 1 saturated heterocycles. The van der Waals surface area contributed by atoms with E-state index in [9.17, 15) is 4.79 Å². The zero-order valence-electron chi connectivity index (χ0n) is 8.53. The minimum Gasteiger partial charge on any atom is -0.334 e. The van der Waals surface area contributed by atoms with E-state index in [1.807, 2.05) is 35.2 Å². The van der Waals surface area contributed by atoms with Crippen molar-refractivity contribution in [2.45, 2.75) is 18.9 Å². The predicted octanol–water partition coefficient (Wildman–Crippen LogP) is 2.53. The Bertz CT molecular complexity index is 339. The number of amides is 1. The Kier molecular flexibility index (Phi) is 3.27. The van der Waals surface area contributed by atoms with E-state index < -0.39 is 0 Å². The summed E-state index contributed by atoms with van der Waals surface area (Å²) in [6.45, 7) is 0.838. The number of hydrogen-bond acceptors (Lipinski definition) is 1. The molecule has 0 aromatic heterocycles. The second-order valence-electron chi connectivity index (χ2n) is 3.81. The van der Waals surface area contributed by atoms with E-state index in [1.165, 1.54) is 0 Å². The van der Waals surface area contributed by atoms with Gasteiger partial charge in [-0.2, -0.15) is 0 Å². The molecule has 2 rings (SSSR count). The minimum absolute atomic E-state index is 0.110. The molecule has 0 radical (unpaired) electrons. The second-order valence-corrected chi connectivity index (χ2v) is 4.12. The summed E-state index contributed by atoms with van der Waals surface area (Å²) in [6, 6.07) is 9.62. The predicted molar refractivity (Wildman–Crippen MR) is 61.2 cm³/mol. The number of alkyl halides is 1. The first-order valence-corrected chi connectivity index (χ1v) is 5.78. The number of benzene rings is 1. The van der Waals surface area contributed by atoms with Crippen LogP contribution in [0.4, 0.5) is 0 Å². The Balaban J connectivity index is 2.14. The van der Waals surface area contributed by atoms with Gasteiger partial charge in [0.1, 0.15) is 0 Å². The van der Waals surface area contributed by atoms with Crippen LogP contribution in [0.3, 0.4) is 0 Å². The van der Waals surface area contributed by atoms with Crippen LogP contribution in [0.25, 0.3) is 0 Å². The first kappa shape index (κ1) is 10.5. The van der Waals surface area contributed by atoms with Crippen molar-refractivity contribution in [3.8, 4) is 0 Å². The highest BCUT2D eigenvalue weighted by Crippen LogP contribution is 2.20. The SMILES string of the molecule is O=C(c1ccccc1)N1CCCC1CCl. The number of halogens is 1. The van der Waals surface area contributed by atoms with Crippen LogP contribution in [-0.2, 0) is 0 Å². The third kappa shape index (κ3) is 2.15. The summed E-state index contributed by atoms with van der Waals surface area (Å²) < 4.78 is 0. The third-order valence-electron chi connectivity index (χ3n) is 2.84. The maximum Gasteiger partial charge on any atom is 0.254 e. The van der Waals surface area contributed by atoms with Gasteiger partial charge in [0, 0.05) is 24.0 Å². The van der Waals surface area contributed by atoms with Crippen LogP contribution < -0.4 is 0 Å². The fourth-order valence-corrected chi connectivity index (χ4v) is 2.33. The summed E-state index contributed by atoms with van der Waals surface area (Å²) in [7, 11) is 0. The topological polar surface area (TPSA) is 20.3 Å². The van der Waals surface area contributed by atoms with Gasteiger partial charge in [-0.25, -0.2) is 0 Å². The Morgan fingerprint density at radius 2 is 2.13 bits per heavy atom. The van der Waals surface area contributed by atoms with Gasteiger partial charge in [0.15, 0.2) is 0 Å². The number of likely N-dealkylation sites (tertiary alicyclic amines) is 1. The second kappa shape index (κ2) is 4.67. The molecule has 1 unspecified atom stereocenters. The Morgan fingerprint density at radius 1 is 1.40 bits per heavy atom. The highest BCUT2D eigenvalue weighted by molar-refractivity contribution is 6.18. The van der Waals surface area contributed by atoms with E-state index in [2.05, 4.69) is 0 Å². The molecule has 0 N–H and O–H groups in total. The molecule has 1 aliphatic heterocycles. The molecule has 0 bridgehead atoms. The van der Waals surface area contributed by atoms with E-state index >= 15 is 0 Å². The van der Waals surface area contributed by atoms with Gasteiger partial charge in [-0.05, 0) is 25.0 Å². The molecule has 2 nitrogen and oxygen atoms in total. The molecule has 1 atom stereocenters. The van der Waals surface area contributed by atoms with Gasteiger partial charge in [-0.15, -0.1) is 11.6 Å². The molecule has 0 spiro atoms. The molecule has 1 fully saturated rings. The number of carbonyl (C=O) groups excluding carboxylic acids is 1. The molecule has 1 aromatic rings. The Hall–Kier alpha value is -1.02. The van der Waals surface area contributed by atoms with Crippen molar-refractivity contribution in [1.82, 2.24) is 4.90 Å². The van der Waals surface area contributed by atoms with E-state index in [0.29, 0.717) is 5.88 Å². The Labute approximate surface area is 94.8 Å². The quantitative estimate of drug-likeness (QED) is 0.706. The smallest absolute Gasteiger partial charge is 0.254 e. The lowest BCUT2D eigenvalue weighted by Gasteiger charge is -2.22. The zero-order valence-corrected chi connectivity index (χ0v) is 9.28. The first-order valence-electron chi connectivity index (χ1n) is 5.25. The van der Waals surface area contributed by atoms with Crippen molar-refractivity contribution >= 4 is 17.5 Å². The van der Waals surface area contributed by atoms with Crippen molar-refractivity contribution in [2.75, 3.05) is 12.4 Å². The normalized spacial score (nSPS) is 20.6. The van der Waals surface area contributed by atoms with Gasteiger partial charge in [-0.1, -0.05) is 18.2 Å². The van der Waals surface area contributed by atoms with Crippen LogP contribution in [0, 0.1) is 0 Å². The van der Waals surface area contributed by atoms with Gasteiger partial charge in [0.25, 0.3) is 5.91 Å². The molecule has 3 heteroatoms. The zero-order chi connectivity index (χ0) is 10.7. The molecular weight excluding hydrogens is 210 g/mol. The first-order chi connectivity index (χ1) is 7.33. The van der Waals surface area contributed by atoms with Crippen LogP contribution in [0.1, 0.15) is 23.2 Å². The van der Waals surface area contributed by atoms with E-state index in [-0.39, 0.29) is 11.9 Å². The van der Waals surface area contributed by atoms with Crippen molar-refractivity contribution in [1.29, 1.82) is 0 Å². The molecular formula is C12H14ClNO. The summed E-state index contributed by atoms with van der Waals surface area (Å²) in [5.74, 6) is 0.650. The van der Waals surface area contributed by atoms with Crippen molar-refractivity contribution in [2.24, 2.45) is 0 Å². The lowest BCUT2D eigenvalue weighted by molar-refractivity contribution is 0.0749. The van der Waals surface area contributed by atoms with Crippen molar-refractivity contribution in [3.05, 3.63) is 35.9 Å². The van der Waals surface area contributed by atoms with E-state index in [4.69, 9.17) is 11.6 Å². The maximum absolute atomic E-state index is 12.1. The van der Waals surface area contributed by atoms with E-state index in [1.54, 1.807) is 0 Å². The molecule has 15 heavy (non-hydrogen) atoms. The standard InChI is InChI=1S/C12H14ClNO/c13-9-11-7-4-8-14(11)12(15)10-5-2-1-3-6-10/h1-3,5-6,11H,4,7-9H2. The van der Waals surface area contributed by atoms with Crippen molar-refractivity contribution in [3.63, 3.8) is 0 Å². The third-order valence-corrected chi connectivity index (χ3v) is 3.19. The summed E-state index contributed by atoms with van der Waals surface area (Å²) >= 11 is 5.84. The monoisotopic (exact) mass is 223 g/mol. The minimum atomic E-state index is 0.110. The molecule has 0 saturated carbocycles. The molecule has 1 aromatic carbocycles. The van der Waals surface area contributed by atoms with E-state index in [0.717, 1.165) is 24.9 Å². The number of carbonyl (C=O) groups is 1. The van der Waals surface area contributed by atoms with Gasteiger partial charge in [0.05, 0.1) is 0 Å². The van der Waals surface area contributed by atoms with Gasteiger partial charge in [-0.3, -0.25) is 4.79 Å². The summed E-state index contributed by atoms with van der Waals surface area (Å²) in [5, 5.41) is 0. The molecule has 1 amide bonds. The van der Waals surface area contributed by atoms with Crippen LogP contribution in [0.15, 0.2) is 30.3 Å². The number of hydrogen-bond donors (Lipinski definition) is 0. The molecule has 0 aliphatic carbocycles.